The molecule has 17 heavy (non-hydrogen) atoms. The summed E-state index contributed by atoms with van der Waals surface area (Å²) in [4.78, 5) is 2.36. The van der Waals surface area contributed by atoms with Crippen LogP contribution in [0.4, 0.5) is 5.69 Å². The third kappa shape index (κ3) is 4.04. The second-order valence-corrected chi connectivity index (χ2v) is 4.95. The van der Waals surface area contributed by atoms with Gasteiger partial charge in [-0.3, -0.25) is 0 Å². The molecule has 1 rings (SSSR count). The number of nitrogens with zero attached hydrogens (tertiary/aromatic N) is 1. The molecule has 0 amide bonds. The maximum Gasteiger partial charge on any atom is 0.0396 e. The minimum absolute atomic E-state index is 0.517. The topological polar surface area (TPSA) is 15.3 Å². The van der Waals surface area contributed by atoms with Crippen LogP contribution in [0.25, 0.3) is 0 Å². The molecule has 1 atom stereocenters. The molecule has 0 saturated heterocycles. The molecule has 1 N–H and O–H groups in total. The Morgan fingerprint density at radius 2 is 2.00 bits per heavy atom. The van der Waals surface area contributed by atoms with Gasteiger partial charge >= 0.3 is 0 Å². The van der Waals surface area contributed by atoms with E-state index in [2.05, 4.69) is 63.2 Å². The molecule has 1 unspecified atom stereocenters. The summed E-state index contributed by atoms with van der Waals surface area (Å²) in [6, 6.07) is 7.17. The van der Waals surface area contributed by atoms with Gasteiger partial charge in [0, 0.05) is 25.3 Å². The second-order valence-electron chi connectivity index (χ2n) is 4.95. The summed E-state index contributed by atoms with van der Waals surface area (Å²) in [6.07, 6.45) is 1.19. The highest BCUT2D eigenvalue weighted by Crippen LogP contribution is 2.21. The van der Waals surface area contributed by atoms with Crippen molar-refractivity contribution in [1.29, 1.82) is 0 Å². The van der Waals surface area contributed by atoms with Crippen LogP contribution >= 0.6 is 0 Å². The van der Waals surface area contributed by atoms with Crippen molar-refractivity contribution < 1.29 is 0 Å². The Kier molecular flexibility index (Phi) is 5.49. The molecule has 1 aromatic carbocycles. The fourth-order valence-corrected chi connectivity index (χ4v) is 2.06. The van der Waals surface area contributed by atoms with Crippen molar-refractivity contribution in [3.05, 3.63) is 29.3 Å². The van der Waals surface area contributed by atoms with Gasteiger partial charge < -0.3 is 10.2 Å². The van der Waals surface area contributed by atoms with Gasteiger partial charge in [-0.15, -0.1) is 0 Å². The molecule has 0 fully saturated rings. The van der Waals surface area contributed by atoms with E-state index in [-0.39, 0.29) is 0 Å². The van der Waals surface area contributed by atoms with Crippen LogP contribution < -0.4 is 10.2 Å². The van der Waals surface area contributed by atoms with Crippen molar-refractivity contribution in [2.75, 3.05) is 25.0 Å². The fourth-order valence-electron chi connectivity index (χ4n) is 2.06. The molecule has 0 heterocycles. The average Bonchev–Trinajstić information content (AvgIpc) is 2.28. The van der Waals surface area contributed by atoms with Crippen LogP contribution in [0.2, 0.25) is 0 Å². The fraction of sp³-hybridized carbons (Fsp3) is 0.600. The Hall–Kier alpha value is -1.02. The number of nitrogens with one attached hydrogen (secondary N) is 1. The number of hydrogen-bond acceptors (Lipinski definition) is 2. The average molecular weight is 234 g/mol. The molecule has 0 bridgehead atoms. The third-order valence-electron chi connectivity index (χ3n) is 3.26. The number of hydrogen-bond donors (Lipinski definition) is 1. The van der Waals surface area contributed by atoms with Crippen molar-refractivity contribution in [2.45, 2.75) is 40.2 Å². The number of anilines is 1. The molecule has 0 radical (unpaired) electrons. The lowest BCUT2D eigenvalue weighted by molar-refractivity contribution is 0.581. The SMILES string of the molecule is CCCNCC(C)N(C)c1ccc(C)cc1C. The monoisotopic (exact) mass is 234 g/mol. The normalized spacial score (nSPS) is 12.5. The molecular weight excluding hydrogens is 208 g/mol. The molecule has 0 aliphatic heterocycles. The smallest absolute Gasteiger partial charge is 0.0396 e. The Labute approximate surface area is 106 Å². The maximum atomic E-state index is 3.47. The molecule has 0 spiro atoms. The summed E-state index contributed by atoms with van der Waals surface area (Å²) in [7, 11) is 2.18. The summed E-state index contributed by atoms with van der Waals surface area (Å²) < 4.78 is 0. The van der Waals surface area contributed by atoms with Crippen LogP contribution in [0.5, 0.6) is 0 Å². The van der Waals surface area contributed by atoms with E-state index in [1.54, 1.807) is 0 Å². The largest absolute Gasteiger partial charge is 0.370 e. The van der Waals surface area contributed by atoms with Crippen LogP contribution in [-0.2, 0) is 0 Å². The van der Waals surface area contributed by atoms with E-state index in [1.807, 2.05) is 0 Å². The summed E-state index contributed by atoms with van der Waals surface area (Å²) in [5.41, 5.74) is 4.02. The maximum absolute atomic E-state index is 3.47. The molecule has 0 aliphatic rings. The van der Waals surface area contributed by atoms with E-state index in [4.69, 9.17) is 0 Å². The Morgan fingerprint density at radius 1 is 1.29 bits per heavy atom. The van der Waals surface area contributed by atoms with Crippen LogP contribution in [0.3, 0.4) is 0 Å². The molecular formula is C15H26N2. The summed E-state index contributed by atoms with van der Waals surface area (Å²) >= 11 is 0. The number of likely N-dealkylation sites (N-methyl/N-ethyl adjacent to an activating group) is 1. The zero-order valence-corrected chi connectivity index (χ0v) is 11.9. The molecule has 0 saturated carbocycles. The van der Waals surface area contributed by atoms with Gasteiger partial charge in [0.15, 0.2) is 0 Å². The zero-order chi connectivity index (χ0) is 12.8. The Bertz CT molecular complexity index is 347. The minimum Gasteiger partial charge on any atom is -0.370 e. The first-order valence-corrected chi connectivity index (χ1v) is 6.57. The molecule has 96 valence electrons. The van der Waals surface area contributed by atoms with Gasteiger partial charge in [0.05, 0.1) is 0 Å². The number of rotatable bonds is 6. The zero-order valence-electron chi connectivity index (χ0n) is 11.9. The molecule has 0 aliphatic carbocycles. The Balaban J connectivity index is 2.64. The highest BCUT2D eigenvalue weighted by molar-refractivity contribution is 5.54. The van der Waals surface area contributed by atoms with E-state index in [0.717, 1.165) is 13.1 Å². The number of benzene rings is 1. The van der Waals surface area contributed by atoms with Crippen molar-refractivity contribution in [3.8, 4) is 0 Å². The van der Waals surface area contributed by atoms with E-state index in [0.29, 0.717) is 6.04 Å². The van der Waals surface area contributed by atoms with Gasteiger partial charge in [-0.2, -0.15) is 0 Å². The van der Waals surface area contributed by atoms with Gasteiger partial charge in [0.1, 0.15) is 0 Å². The van der Waals surface area contributed by atoms with E-state index >= 15 is 0 Å². The van der Waals surface area contributed by atoms with Crippen LogP contribution in [-0.4, -0.2) is 26.2 Å². The van der Waals surface area contributed by atoms with Crippen LogP contribution in [0, 0.1) is 13.8 Å². The van der Waals surface area contributed by atoms with Crippen molar-refractivity contribution in [3.63, 3.8) is 0 Å². The highest BCUT2D eigenvalue weighted by atomic mass is 15.1. The van der Waals surface area contributed by atoms with Gasteiger partial charge in [-0.1, -0.05) is 24.6 Å². The van der Waals surface area contributed by atoms with Crippen molar-refractivity contribution >= 4 is 5.69 Å². The highest BCUT2D eigenvalue weighted by Gasteiger charge is 2.11. The number of aryl methyl sites for hydroxylation is 2. The van der Waals surface area contributed by atoms with Gasteiger partial charge in [-0.25, -0.2) is 0 Å². The summed E-state index contributed by atoms with van der Waals surface area (Å²) in [5.74, 6) is 0. The minimum atomic E-state index is 0.517. The van der Waals surface area contributed by atoms with Gasteiger partial charge in [0.25, 0.3) is 0 Å². The lowest BCUT2D eigenvalue weighted by Crippen LogP contribution is -2.38. The summed E-state index contributed by atoms with van der Waals surface area (Å²) in [5, 5.41) is 3.47. The first kappa shape index (κ1) is 14.0. The van der Waals surface area contributed by atoms with Crippen molar-refractivity contribution in [2.24, 2.45) is 0 Å². The summed E-state index contributed by atoms with van der Waals surface area (Å²) in [6.45, 7) is 10.9. The first-order valence-electron chi connectivity index (χ1n) is 6.57. The Morgan fingerprint density at radius 3 is 2.59 bits per heavy atom. The first-order chi connectivity index (χ1) is 8.06. The quantitative estimate of drug-likeness (QED) is 0.761. The molecule has 1 aromatic rings. The van der Waals surface area contributed by atoms with Crippen molar-refractivity contribution in [1.82, 2.24) is 5.32 Å². The van der Waals surface area contributed by atoms with E-state index in [9.17, 15) is 0 Å². The molecule has 2 nitrogen and oxygen atoms in total. The van der Waals surface area contributed by atoms with E-state index in [1.165, 1.54) is 23.2 Å². The van der Waals surface area contributed by atoms with Crippen LogP contribution in [0.15, 0.2) is 18.2 Å². The second kappa shape index (κ2) is 6.65. The van der Waals surface area contributed by atoms with E-state index < -0.39 is 0 Å². The van der Waals surface area contributed by atoms with Crippen LogP contribution in [0.1, 0.15) is 31.4 Å². The predicted octanol–water partition coefficient (Wildman–Crippen LogP) is 3.13. The predicted molar refractivity (Wildman–Crippen MR) is 76.9 cm³/mol. The lowest BCUT2D eigenvalue weighted by Gasteiger charge is -2.29. The van der Waals surface area contributed by atoms with Gasteiger partial charge in [0.2, 0.25) is 0 Å². The molecule has 2 heteroatoms. The standard InChI is InChI=1S/C15H26N2/c1-6-9-16-11-14(4)17(5)15-8-7-12(2)10-13(15)3/h7-8,10,14,16H,6,9,11H2,1-5H3. The lowest BCUT2D eigenvalue weighted by atomic mass is 10.1. The molecule has 0 aromatic heterocycles. The third-order valence-corrected chi connectivity index (χ3v) is 3.26. The van der Waals surface area contributed by atoms with Gasteiger partial charge in [-0.05, 0) is 45.4 Å².